The highest BCUT2D eigenvalue weighted by Gasteiger charge is 2.27. The van der Waals surface area contributed by atoms with Gasteiger partial charge in [-0.1, -0.05) is 48.1 Å². The van der Waals surface area contributed by atoms with Crippen molar-refractivity contribution in [2.75, 3.05) is 39.0 Å². The average Bonchev–Trinajstić information content (AvgIpc) is 3.47. The number of anilines is 1. The Hall–Kier alpha value is -2.85. The maximum atomic E-state index is 16.5. The number of likely N-dealkylation sites (tertiary alicyclic amines) is 1. The third-order valence-corrected chi connectivity index (χ3v) is 8.51. The molecule has 4 aromatic rings. The number of ether oxygens (including phenoxy) is 1. The van der Waals surface area contributed by atoms with E-state index in [2.05, 4.69) is 40.2 Å². The maximum Gasteiger partial charge on any atom is 0.317 e. The average molecular weight is 539 g/mol. The van der Waals surface area contributed by atoms with E-state index in [1.165, 1.54) is 11.3 Å². The molecule has 10 heteroatoms. The summed E-state index contributed by atoms with van der Waals surface area (Å²) >= 11 is 8.14. The number of thiazole rings is 1. The van der Waals surface area contributed by atoms with Crippen LogP contribution in [0, 0.1) is 11.7 Å². The van der Waals surface area contributed by atoms with E-state index >= 15 is 4.39 Å². The summed E-state index contributed by atoms with van der Waals surface area (Å²) in [5.74, 6) is -0.329. The van der Waals surface area contributed by atoms with E-state index in [1.807, 2.05) is 18.2 Å². The van der Waals surface area contributed by atoms with Crippen molar-refractivity contribution in [2.24, 2.45) is 5.92 Å². The largest absolute Gasteiger partial charge is 0.462 e. The molecule has 37 heavy (non-hydrogen) atoms. The Labute approximate surface area is 223 Å². The molecule has 2 aromatic heterocycles. The Morgan fingerprint density at radius 1 is 1.27 bits per heavy atom. The van der Waals surface area contributed by atoms with Crippen LogP contribution >= 0.6 is 22.9 Å². The van der Waals surface area contributed by atoms with Gasteiger partial charge in [-0.25, -0.2) is 9.37 Å². The van der Waals surface area contributed by atoms with E-state index in [0.717, 1.165) is 42.7 Å². The minimum absolute atomic E-state index is 0.178. The zero-order valence-electron chi connectivity index (χ0n) is 20.7. The highest BCUT2D eigenvalue weighted by molar-refractivity contribution is 7.22. The van der Waals surface area contributed by atoms with Crippen molar-refractivity contribution in [3.63, 3.8) is 0 Å². The number of nitrogens with one attached hydrogen (secondary N) is 1. The molecular weight excluding hydrogens is 511 g/mol. The number of nitrogen functional groups attached to an aromatic ring is 1. The van der Waals surface area contributed by atoms with Crippen molar-refractivity contribution in [1.29, 1.82) is 0 Å². The third kappa shape index (κ3) is 4.44. The zero-order valence-corrected chi connectivity index (χ0v) is 22.3. The fourth-order valence-corrected chi connectivity index (χ4v) is 6.41. The quantitative estimate of drug-likeness (QED) is 0.353. The van der Waals surface area contributed by atoms with E-state index in [-0.39, 0.29) is 34.1 Å². The molecule has 1 fully saturated rings. The summed E-state index contributed by atoms with van der Waals surface area (Å²) in [4.78, 5) is 16.1. The smallest absolute Gasteiger partial charge is 0.317 e. The van der Waals surface area contributed by atoms with Crippen molar-refractivity contribution in [3.8, 4) is 17.1 Å². The normalized spacial score (nSPS) is 20.6. The van der Waals surface area contributed by atoms with Gasteiger partial charge in [-0.3, -0.25) is 0 Å². The number of rotatable bonds is 5. The van der Waals surface area contributed by atoms with Crippen LogP contribution in [-0.2, 0) is 0 Å². The van der Waals surface area contributed by atoms with Crippen LogP contribution in [0.25, 0.3) is 37.8 Å². The first kappa shape index (κ1) is 24.5. The molecule has 2 aliphatic heterocycles. The Bertz CT molecular complexity index is 1540. The second kappa shape index (κ2) is 9.79. The standard InChI is InChI=1S/C27H28ClFN6OS/c1-14-12-31-9-8-16(14)23-18-11-19(28)21(17-6-3-7-20-24(17)32-26(30)37-20)22(29)25(18)34-27(33-23)36-13-15-5-4-10-35(15)2/h3,6-8,11,14-15,31H,4-5,9-10,12-13H2,1-2H3,(H2,30,32). The van der Waals surface area contributed by atoms with Gasteiger partial charge in [-0.15, -0.1) is 0 Å². The molecule has 4 heterocycles. The van der Waals surface area contributed by atoms with Crippen LogP contribution < -0.4 is 15.8 Å². The van der Waals surface area contributed by atoms with Crippen molar-refractivity contribution in [1.82, 2.24) is 25.2 Å². The van der Waals surface area contributed by atoms with Crippen LogP contribution in [0.15, 0.2) is 30.3 Å². The lowest BCUT2D eigenvalue weighted by Gasteiger charge is -2.23. The monoisotopic (exact) mass is 538 g/mol. The van der Waals surface area contributed by atoms with Crippen molar-refractivity contribution < 1.29 is 9.13 Å². The first-order valence-corrected chi connectivity index (χ1v) is 13.7. The lowest BCUT2D eigenvalue weighted by Crippen LogP contribution is -2.31. The van der Waals surface area contributed by atoms with Crippen LogP contribution in [0.4, 0.5) is 9.52 Å². The van der Waals surface area contributed by atoms with Gasteiger partial charge in [0.05, 0.1) is 20.9 Å². The van der Waals surface area contributed by atoms with Crippen molar-refractivity contribution >= 4 is 54.8 Å². The number of para-hydroxylation sites is 1. The first-order chi connectivity index (χ1) is 17.9. The second-order valence-electron chi connectivity index (χ2n) is 9.81. The van der Waals surface area contributed by atoms with Crippen LogP contribution in [0.1, 0.15) is 25.5 Å². The zero-order chi connectivity index (χ0) is 25.7. The summed E-state index contributed by atoms with van der Waals surface area (Å²) in [5.41, 5.74) is 9.30. The fourth-order valence-electron chi connectivity index (χ4n) is 5.36. The molecule has 2 atom stereocenters. The molecule has 0 spiro atoms. The number of benzene rings is 2. The molecule has 1 saturated heterocycles. The van der Waals surface area contributed by atoms with Gasteiger partial charge in [0, 0.05) is 35.6 Å². The van der Waals surface area contributed by atoms with Gasteiger partial charge in [0.15, 0.2) is 10.9 Å². The van der Waals surface area contributed by atoms with Gasteiger partial charge < -0.3 is 20.7 Å². The Morgan fingerprint density at radius 3 is 2.92 bits per heavy atom. The highest BCUT2D eigenvalue weighted by Crippen LogP contribution is 2.42. The number of aromatic nitrogens is 3. The number of halogens is 2. The molecule has 0 amide bonds. The van der Waals surface area contributed by atoms with Gasteiger partial charge in [0.1, 0.15) is 12.1 Å². The third-order valence-electron chi connectivity index (χ3n) is 7.36. The SMILES string of the molecule is CC1CNCC=C1c1nc(OCC2CCCN2C)nc2c(F)c(-c3cccc4sc(N)nc34)c(Cl)cc12. The van der Waals surface area contributed by atoms with Crippen LogP contribution in [0.3, 0.4) is 0 Å². The summed E-state index contributed by atoms with van der Waals surface area (Å²) in [5, 5.41) is 4.63. The van der Waals surface area contributed by atoms with E-state index in [9.17, 15) is 0 Å². The molecule has 3 N–H and O–H groups in total. The van der Waals surface area contributed by atoms with E-state index < -0.39 is 5.82 Å². The number of nitrogens with two attached hydrogens (primary N) is 1. The molecular formula is C27H28ClFN6OS. The van der Waals surface area contributed by atoms with E-state index in [1.54, 1.807) is 6.07 Å². The molecule has 2 unspecified atom stereocenters. The maximum absolute atomic E-state index is 16.5. The lowest BCUT2D eigenvalue weighted by atomic mass is 9.91. The van der Waals surface area contributed by atoms with Crippen LogP contribution in [-0.4, -0.2) is 59.2 Å². The van der Waals surface area contributed by atoms with Crippen molar-refractivity contribution in [3.05, 3.63) is 46.9 Å². The molecule has 0 radical (unpaired) electrons. The van der Waals surface area contributed by atoms with E-state index in [4.69, 9.17) is 27.1 Å². The molecule has 2 aliphatic rings. The van der Waals surface area contributed by atoms with Gasteiger partial charge >= 0.3 is 6.01 Å². The van der Waals surface area contributed by atoms with Gasteiger partial charge in [-0.2, -0.15) is 9.97 Å². The first-order valence-electron chi connectivity index (χ1n) is 12.5. The molecule has 7 nitrogen and oxygen atoms in total. The van der Waals surface area contributed by atoms with Crippen molar-refractivity contribution in [2.45, 2.75) is 25.8 Å². The fraction of sp³-hybridized carbons (Fsp3) is 0.370. The summed E-state index contributed by atoms with van der Waals surface area (Å²) < 4.78 is 23.4. The number of hydrogen-bond acceptors (Lipinski definition) is 8. The number of fused-ring (bicyclic) bond motifs is 2. The molecule has 0 aliphatic carbocycles. The number of hydrogen-bond donors (Lipinski definition) is 2. The topological polar surface area (TPSA) is 89.2 Å². The molecule has 192 valence electrons. The molecule has 2 aromatic carbocycles. The number of likely N-dealkylation sites (N-methyl/N-ethyl adjacent to an activating group) is 1. The predicted molar refractivity (Wildman–Crippen MR) is 149 cm³/mol. The Kier molecular flexibility index (Phi) is 6.48. The van der Waals surface area contributed by atoms with Crippen LogP contribution in [0.2, 0.25) is 5.02 Å². The summed E-state index contributed by atoms with van der Waals surface area (Å²) in [7, 11) is 2.09. The van der Waals surface area contributed by atoms with Gasteiger partial charge in [-0.05, 0) is 50.1 Å². The predicted octanol–water partition coefficient (Wildman–Crippen LogP) is 5.38. The van der Waals surface area contributed by atoms with Gasteiger partial charge in [0.25, 0.3) is 0 Å². The lowest BCUT2D eigenvalue weighted by molar-refractivity contribution is 0.188. The Balaban J connectivity index is 1.54. The second-order valence-corrected chi connectivity index (χ2v) is 11.3. The minimum atomic E-state index is -0.518. The van der Waals surface area contributed by atoms with Gasteiger partial charge in [0.2, 0.25) is 0 Å². The molecule has 0 bridgehead atoms. The summed E-state index contributed by atoms with van der Waals surface area (Å²) in [6, 6.07) is 7.82. The van der Waals surface area contributed by atoms with E-state index in [0.29, 0.717) is 33.9 Å². The molecule has 0 saturated carbocycles. The summed E-state index contributed by atoms with van der Waals surface area (Å²) in [6.07, 6.45) is 4.29. The highest BCUT2D eigenvalue weighted by atomic mass is 35.5. The molecule has 6 rings (SSSR count). The Morgan fingerprint density at radius 2 is 2.14 bits per heavy atom. The van der Waals surface area contributed by atoms with Crippen LogP contribution in [0.5, 0.6) is 6.01 Å². The summed E-state index contributed by atoms with van der Waals surface area (Å²) in [6.45, 7) is 5.15. The minimum Gasteiger partial charge on any atom is -0.462 e. The number of nitrogens with zero attached hydrogens (tertiary/aromatic N) is 4.